The van der Waals surface area contributed by atoms with E-state index < -0.39 is 9.52 Å². The fourth-order valence-corrected chi connectivity index (χ4v) is 6.13. The second-order valence-electron chi connectivity index (χ2n) is 13.6. The molecule has 2 aliphatic heterocycles. The van der Waals surface area contributed by atoms with Gasteiger partial charge in [-0.25, -0.2) is 0 Å². The van der Waals surface area contributed by atoms with Gasteiger partial charge in [-0.3, -0.25) is 4.21 Å². The number of rotatable bonds is 8. The van der Waals surface area contributed by atoms with Crippen LogP contribution in [0.25, 0.3) is 0 Å². The quantitative estimate of drug-likeness (QED) is 0.273. The molecule has 2 aliphatic rings. The number of para-hydroxylation sites is 1. The molecule has 2 aromatic carbocycles. The van der Waals surface area contributed by atoms with Crippen LogP contribution >= 0.6 is 0 Å². The van der Waals surface area contributed by atoms with Crippen molar-refractivity contribution in [2.75, 3.05) is 51.5 Å². The molecular formula is C38H65NO4S. The Balaban J connectivity index is 0.000000294. The second kappa shape index (κ2) is 21.8. The number of ether oxygens (including phenoxy) is 3. The average Bonchev–Trinajstić information content (AvgIpc) is 2.99. The van der Waals surface area contributed by atoms with Crippen LogP contribution in [0.15, 0.2) is 48.5 Å². The first kappa shape index (κ1) is 40.2. The molecule has 1 atom stereocenters. The third-order valence-corrected chi connectivity index (χ3v) is 9.29. The standard InChI is InChI=1S/C10H14O.C10H14.C9H19NOS.C9H18O2/c1-8(2)9-6-4-5-7-10(9)11-3;1-8(2)10-6-4-9(3)5-7-10;1-9(2)8-10-4-6-12(3,11)7-5-10;1-8(2)7-11-9-5-3-4-6-10-9/h4-8H,1-3H3;4-8H,1-3H3;9H,3-8H2,1-2H3;8-9H,3-7H2,1-2H3. The summed E-state index contributed by atoms with van der Waals surface area (Å²) >= 11 is 0. The molecule has 0 amide bonds. The molecular weight excluding hydrogens is 566 g/mol. The molecule has 2 aromatic rings. The van der Waals surface area contributed by atoms with Crippen molar-refractivity contribution in [1.29, 1.82) is 0 Å². The minimum Gasteiger partial charge on any atom is -0.496 e. The lowest BCUT2D eigenvalue weighted by Crippen LogP contribution is -2.41. The van der Waals surface area contributed by atoms with Gasteiger partial charge in [-0.05, 0) is 82.4 Å². The number of nitrogens with zero attached hydrogens (tertiary/aromatic N) is 1. The summed E-state index contributed by atoms with van der Waals surface area (Å²) in [5.74, 6) is 8.83. The summed E-state index contributed by atoms with van der Waals surface area (Å²) < 4.78 is 27.6. The lowest BCUT2D eigenvalue weighted by molar-refractivity contribution is -0.167. The fourth-order valence-electron chi connectivity index (χ4n) is 4.74. The lowest BCUT2D eigenvalue weighted by Gasteiger charge is -2.29. The van der Waals surface area contributed by atoms with E-state index in [1.54, 1.807) is 7.11 Å². The van der Waals surface area contributed by atoms with Gasteiger partial charge in [0, 0.05) is 37.7 Å². The van der Waals surface area contributed by atoms with Crippen molar-refractivity contribution in [2.24, 2.45) is 11.8 Å². The monoisotopic (exact) mass is 631 g/mol. The summed E-state index contributed by atoms with van der Waals surface area (Å²) in [4.78, 5) is 2.39. The molecule has 0 saturated carbocycles. The zero-order valence-corrected chi connectivity index (χ0v) is 30.6. The molecule has 0 spiro atoms. The van der Waals surface area contributed by atoms with E-state index in [1.807, 2.05) is 18.2 Å². The van der Waals surface area contributed by atoms with E-state index in [2.05, 4.69) is 103 Å². The third-order valence-electron chi connectivity index (χ3n) is 7.44. The Morgan fingerprint density at radius 1 is 0.886 bits per heavy atom. The van der Waals surface area contributed by atoms with E-state index in [4.69, 9.17) is 14.2 Å². The van der Waals surface area contributed by atoms with E-state index in [0.717, 1.165) is 56.5 Å². The minimum absolute atomic E-state index is 0.0890. The topological polar surface area (TPSA) is 48.0 Å². The molecule has 2 heterocycles. The maximum Gasteiger partial charge on any atom is 0.157 e. The summed E-state index contributed by atoms with van der Waals surface area (Å²) in [7, 11) is 0.0164. The van der Waals surface area contributed by atoms with Crippen molar-refractivity contribution in [3.8, 4) is 5.75 Å². The largest absolute Gasteiger partial charge is 0.496 e. The highest BCUT2D eigenvalue weighted by atomic mass is 32.2. The maximum atomic E-state index is 11.5. The van der Waals surface area contributed by atoms with Crippen LogP contribution in [0.1, 0.15) is 103 Å². The summed E-state index contributed by atoms with van der Waals surface area (Å²) in [6.45, 7) is 24.4. The van der Waals surface area contributed by atoms with Gasteiger partial charge >= 0.3 is 0 Å². The number of hydrogen-bond donors (Lipinski definition) is 0. The van der Waals surface area contributed by atoms with E-state index in [0.29, 0.717) is 23.7 Å². The van der Waals surface area contributed by atoms with E-state index in [9.17, 15) is 4.21 Å². The van der Waals surface area contributed by atoms with Crippen molar-refractivity contribution in [1.82, 2.24) is 4.90 Å². The summed E-state index contributed by atoms with van der Waals surface area (Å²) in [5, 5.41) is 0. The van der Waals surface area contributed by atoms with Crippen LogP contribution in [0.3, 0.4) is 0 Å². The van der Waals surface area contributed by atoms with Gasteiger partial charge in [0.15, 0.2) is 6.29 Å². The predicted molar refractivity (Wildman–Crippen MR) is 193 cm³/mol. The molecule has 252 valence electrons. The second-order valence-corrected chi connectivity index (χ2v) is 16.3. The first-order chi connectivity index (χ1) is 20.7. The first-order valence-corrected chi connectivity index (χ1v) is 18.8. The molecule has 0 aromatic heterocycles. The molecule has 0 aliphatic carbocycles. The van der Waals surface area contributed by atoms with Crippen molar-refractivity contribution >= 4 is 15.4 Å². The lowest BCUT2D eigenvalue weighted by atomic mass is 10.0. The van der Waals surface area contributed by atoms with Gasteiger partial charge in [0.1, 0.15) is 5.75 Å². The van der Waals surface area contributed by atoms with E-state index in [-0.39, 0.29) is 6.29 Å². The van der Waals surface area contributed by atoms with E-state index in [1.165, 1.54) is 29.5 Å². The molecule has 1 unspecified atom stereocenters. The highest BCUT2D eigenvalue weighted by molar-refractivity contribution is 8.00. The van der Waals surface area contributed by atoms with Gasteiger partial charge in [0.05, 0.1) is 13.7 Å². The Labute approximate surface area is 272 Å². The van der Waals surface area contributed by atoms with Gasteiger partial charge in [0.25, 0.3) is 0 Å². The van der Waals surface area contributed by atoms with Crippen LogP contribution < -0.4 is 4.74 Å². The van der Waals surface area contributed by atoms with Crippen molar-refractivity contribution in [3.63, 3.8) is 0 Å². The highest BCUT2D eigenvalue weighted by Gasteiger charge is 2.17. The van der Waals surface area contributed by atoms with Crippen molar-refractivity contribution in [2.45, 2.75) is 99.7 Å². The van der Waals surface area contributed by atoms with Crippen molar-refractivity contribution in [3.05, 3.63) is 65.2 Å². The van der Waals surface area contributed by atoms with Crippen LogP contribution in [-0.4, -0.2) is 72.7 Å². The molecule has 0 N–H and O–H groups in total. The molecule has 2 saturated heterocycles. The highest BCUT2D eigenvalue weighted by Crippen LogP contribution is 2.25. The Kier molecular flexibility index (Phi) is 19.9. The molecule has 2 fully saturated rings. The van der Waals surface area contributed by atoms with Gasteiger partial charge in [-0.2, -0.15) is 0 Å². The molecule has 4 rings (SSSR count). The summed E-state index contributed by atoms with van der Waals surface area (Å²) in [6.07, 6.45) is 3.61. The Bertz CT molecular complexity index is 1090. The normalized spacial score (nSPS) is 18.1. The number of benzene rings is 2. The van der Waals surface area contributed by atoms with Crippen LogP contribution in [0.4, 0.5) is 0 Å². The molecule has 0 bridgehead atoms. The zero-order chi connectivity index (χ0) is 33.1. The zero-order valence-electron chi connectivity index (χ0n) is 29.8. The molecule has 6 heteroatoms. The third kappa shape index (κ3) is 18.2. The van der Waals surface area contributed by atoms with Crippen LogP contribution in [0, 0.1) is 18.8 Å². The Morgan fingerprint density at radius 3 is 1.95 bits per heavy atom. The van der Waals surface area contributed by atoms with Crippen LogP contribution in [-0.2, 0) is 19.0 Å². The van der Waals surface area contributed by atoms with Crippen LogP contribution in [0.5, 0.6) is 5.75 Å². The number of aryl methyl sites for hydroxylation is 1. The predicted octanol–water partition coefficient (Wildman–Crippen LogP) is 8.80. The summed E-state index contributed by atoms with van der Waals surface area (Å²) in [6, 6.07) is 16.8. The first-order valence-electron chi connectivity index (χ1n) is 16.7. The fraction of sp³-hybridized carbons (Fsp3) is 0.658. The van der Waals surface area contributed by atoms with Gasteiger partial charge in [0.2, 0.25) is 0 Å². The minimum atomic E-state index is -1.69. The number of hydrogen-bond acceptors (Lipinski definition) is 5. The SMILES string of the molecule is C=S1(=O)CCN(CC(C)C)CC1.CC(C)COC1CCCCO1.COc1ccccc1C(C)C.Cc1ccc(C(C)C)cc1. The molecule has 44 heavy (non-hydrogen) atoms. The average molecular weight is 632 g/mol. The maximum absolute atomic E-state index is 11.5. The van der Waals surface area contributed by atoms with E-state index >= 15 is 0 Å². The van der Waals surface area contributed by atoms with Crippen LogP contribution in [0.2, 0.25) is 0 Å². The van der Waals surface area contributed by atoms with Gasteiger partial charge < -0.3 is 19.1 Å². The molecule has 5 nitrogen and oxygen atoms in total. The Hall–Kier alpha value is -1.86. The molecule has 0 radical (unpaired) electrons. The van der Waals surface area contributed by atoms with Gasteiger partial charge in [-0.1, -0.05) is 103 Å². The smallest absolute Gasteiger partial charge is 0.157 e. The van der Waals surface area contributed by atoms with Gasteiger partial charge in [-0.15, -0.1) is 0 Å². The number of methoxy groups -OCH3 is 1. The summed E-state index contributed by atoms with van der Waals surface area (Å²) in [5.41, 5.74) is 4.03. The Morgan fingerprint density at radius 2 is 1.50 bits per heavy atom. The van der Waals surface area contributed by atoms with Crippen molar-refractivity contribution < 1.29 is 18.4 Å².